The van der Waals surface area contributed by atoms with Crippen LogP contribution in [0.3, 0.4) is 0 Å². The van der Waals surface area contributed by atoms with E-state index in [1.165, 1.54) is 70.6 Å². The van der Waals surface area contributed by atoms with Crippen molar-refractivity contribution in [2.24, 2.45) is 0 Å². The smallest absolute Gasteiger partial charge is 0.325 e. The summed E-state index contributed by atoms with van der Waals surface area (Å²) >= 11 is 0. The molecule has 29 heavy (non-hydrogen) atoms. The Labute approximate surface area is 178 Å². The molecule has 0 heterocycles. The van der Waals surface area contributed by atoms with E-state index < -0.39 is 5.60 Å². The quantitative estimate of drug-likeness (QED) is 0.163. The molecule has 0 aromatic carbocycles. The zero-order valence-corrected chi connectivity index (χ0v) is 19.2. The van der Waals surface area contributed by atoms with E-state index in [0.29, 0.717) is 6.42 Å². The number of unbranched alkanes of at least 4 members (excludes halogenated alkanes) is 14. The normalized spacial score (nSPS) is 11.3. The molecule has 0 saturated heterocycles. The summed E-state index contributed by atoms with van der Waals surface area (Å²) < 4.78 is 5.16. The number of nitrogens with one attached hydrogen (secondary N) is 1. The second-order valence-corrected chi connectivity index (χ2v) is 9.02. The van der Waals surface area contributed by atoms with Crippen LogP contribution in [0.5, 0.6) is 0 Å². The number of carbonyl (C=O) groups is 3. The van der Waals surface area contributed by atoms with E-state index >= 15 is 0 Å². The van der Waals surface area contributed by atoms with Gasteiger partial charge in [0, 0.05) is 12.8 Å². The summed E-state index contributed by atoms with van der Waals surface area (Å²) in [6.07, 6.45) is 19.4. The van der Waals surface area contributed by atoms with Gasteiger partial charge < -0.3 is 14.8 Å². The van der Waals surface area contributed by atoms with Crippen molar-refractivity contribution in [3.8, 4) is 0 Å². The first kappa shape index (κ1) is 27.6. The molecule has 0 aliphatic heterocycles. The predicted molar refractivity (Wildman–Crippen MR) is 119 cm³/mol. The number of esters is 1. The maximum atomic E-state index is 11.7. The van der Waals surface area contributed by atoms with Crippen molar-refractivity contribution >= 4 is 18.2 Å². The van der Waals surface area contributed by atoms with Crippen LogP contribution in [0.25, 0.3) is 0 Å². The number of aldehydes is 1. The van der Waals surface area contributed by atoms with Crippen LogP contribution in [-0.2, 0) is 19.1 Å². The third-order valence-electron chi connectivity index (χ3n) is 4.83. The lowest BCUT2D eigenvalue weighted by Gasteiger charge is -2.19. The lowest BCUT2D eigenvalue weighted by molar-refractivity contribution is -0.154. The lowest BCUT2D eigenvalue weighted by atomic mass is 10.0. The van der Waals surface area contributed by atoms with Gasteiger partial charge in [0.25, 0.3) is 0 Å². The molecule has 1 amide bonds. The van der Waals surface area contributed by atoms with Gasteiger partial charge in [-0.1, -0.05) is 77.0 Å². The minimum atomic E-state index is -0.514. The van der Waals surface area contributed by atoms with Crippen LogP contribution in [0.15, 0.2) is 0 Å². The molecule has 0 aromatic rings. The Balaban J connectivity index is 3.28. The number of hydrogen-bond acceptors (Lipinski definition) is 4. The van der Waals surface area contributed by atoms with Crippen molar-refractivity contribution in [1.82, 2.24) is 5.32 Å². The highest BCUT2D eigenvalue weighted by Gasteiger charge is 2.16. The van der Waals surface area contributed by atoms with Gasteiger partial charge in [0.1, 0.15) is 18.4 Å². The number of ether oxygens (including phenoxy) is 1. The van der Waals surface area contributed by atoms with Gasteiger partial charge in [-0.05, 0) is 33.6 Å². The molecule has 0 rings (SSSR count). The van der Waals surface area contributed by atoms with E-state index in [4.69, 9.17) is 4.74 Å². The molecule has 0 atom stereocenters. The second kappa shape index (κ2) is 18.6. The summed E-state index contributed by atoms with van der Waals surface area (Å²) in [5.41, 5.74) is -0.514. The molecule has 0 fully saturated rings. The minimum absolute atomic E-state index is 0.0454. The number of amides is 1. The van der Waals surface area contributed by atoms with E-state index in [2.05, 4.69) is 5.32 Å². The molecule has 0 aromatic heterocycles. The monoisotopic (exact) mass is 411 g/mol. The van der Waals surface area contributed by atoms with Crippen molar-refractivity contribution in [2.75, 3.05) is 6.54 Å². The highest BCUT2D eigenvalue weighted by Crippen LogP contribution is 2.13. The van der Waals surface area contributed by atoms with Crippen LogP contribution in [0, 0.1) is 0 Å². The molecular formula is C24H45NO4. The van der Waals surface area contributed by atoms with E-state index in [1.54, 1.807) is 0 Å². The molecule has 5 heteroatoms. The first-order chi connectivity index (χ1) is 13.8. The van der Waals surface area contributed by atoms with E-state index in [0.717, 1.165) is 32.0 Å². The Morgan fingerprint density at radius 1 is 0.724 bits per heavy atom. The summed E-state index contributed by atoms with van der Waals surface area (Å²) in [6, 6.07) is 0. The third kappa shape index (κ3) is 22.8. The van der Waals surface area contributed by atoms with Crippen LogP contribution in [0.2, 0.25) is 0 Å². The molecule has 0 radical (unpaired) electrons. The van der Waals surface area contributed by atoms with Crippen molar-refractivity contribution < 1.29 is 19.1 Å². The van der Waals surface area contributed by atoms with Gasteiger partial charge in [0.15, 0.2) is 0 Å². The van der Waals surface area contributed by atoms with Gasteiger partial charge in [0.2, 0.25) is 5.91 Å². The van der Waals surface area contributed by atoms with Crippen molar-refractivity contribution in [3.05, 3.63) is 0 Å². The highest BCUT2D eigenvalue weighted by atomic mass is 16.6. The Bertz CT molecular complexity index is 429. The maximum Gasteiger partial charge on any atom is 0.325 e. The maximum absolute atomic E-state index is 11.7. The van der Waals surface area contributed by atoms with Crippen molar-refractivity contribution in [2.45, 2.75) is 129 Å². The summed E-state index contributed by atoms with van der Waals surface area (Å²) in [7, 11) is 0. The zero-order valence-electron chi connectivity index (χ0n) is 19.2. The number of hydrogen-bond donors (Lipinski definition) is 1. The van der Waals surface area contributed by atoms with Crippen LogP contribution < -0.4 is 5.32 Å². The Morgan fingerprint density at radius 3 is 1.55 bits per heavy atom. The van der Waals surface area contributed by atoms with Crippen LogP contribution >= 0.6 is 0 Å². The fraction of sp³-hybridized carbons (Fsp3) is 0.875. The Kier molecular flexibility index (Phi) is 17.7. The molecule has 0 aliphatic carbocycles. The predicted octanol–water partition coefficient (Wildman–Crippen LogP) is 5.88. The van der Waals surface area contributed by atoms with Crippen LogP contribution in [-0.4, -0.2) is 30.3 Å². The summed E-state index contributed by atoms with van der Waals surface area (Å²) in [5, 5.41) is 2.63. The van der Waals surface area contributed by atoms with Crippen molar-refractivity contribution in [3.63, 3.8) is 0 Å². The van der Waals surface area contributed by atoms with Gasteiger partial charge in [-0.15, -0.1) is 0 Å². The molecule has 1 N–H and O–H groups in total. The van der Waals surface area contributed by atoms with Gasteiger partial charge in [-0.25, -0.2) is 0 Å². The number of carbonyl (C=O) groups excluding carboxylic acids is 3. The lowest BCUT2D eigenvalue weighted by Crippen LogP contribution is -2.34. The molecule has 0 saturated carbocycles. The zero-order chi connectivity index (χ0) is 21.8. The molecule has 0 bridgehead atoms. The van der Waals surface area contributed by atoms with Gasteiger partial charge in [0.05, 0.1) is 0 Å². The summed E-state index contributed by atoms with van der Waals surface area (Å²) in [5.74, 6) is -0.458. The third-order valence-corrected chi connectivity index (χ3v) is 4.83. The van der Waals surface area contributed by atoms with E-state index in [-0.39, 0.29) is 18.4 Å². The molecule has 0 unspecified atom stereocenters. The average molecular weight is 412 g/mol. The fourth-order valence-electron chi connectivity index (χ4n) is 3.27. The largest absolute Gasteiger partial charge is 0.459 e. The van der Waals surface area contributed by atoms with Gasteiger partial charge in [-0.3, -0.25) is 9.59 Å². The standard InChI is InChI=1S/C24H45NO4/c1-24(2,3)29-23(28)21-25-22(27)19-17-15-13-11-9-7-5-4-6-8-10-12-14-16-18-20-26/h20H,4-19,21H2,1-3H3,(H,25,27). The molecular weight excluding hydrogens is 366 g/mol. The molecule has 0 aliphatic rings. The SMILES string of the molecule is CC(C)(C)OC(=O)CNC(=O)CCCCCCCCCCCCCCCCC=O. The fourth-order valence-corrected chi connectivity index (χ4v) is 3.27. The Morgan fingerprint density at radius 2 is 1.14 bits per heavy atom. The first-order valence-electron chi connectivity index (χ1n) is 11.8. The molecule has 5 nitrogen and oxygen atoms in total. The summed E-state index contributed by atoms with van der Waals surface area (Å²) in [6.45, 7) is 5.40. The highest BCUT2D eigenvalue weighted by molar-refractivity contribution is 5.81. The van der Waals surface area contributed by atoms with E-state index in [9.17, 15) is 14.4 Å². The minimum Gasteiger partial charge on any atom is -0.459 e. The number of rotatable bonds is 19. The second-order valence-electron chi connectivity index (χ2n) is 9.02. The van der Waals surface area contributed by atoms with Gasteiger partial charge in [-0.2, -0.15) is 0 Å². The van der Waals surface area contributed by atoms with Crippen LogP contribution in [0.4, 0.5) is 0 Å². The molecule has 170 valence electrons. The van der Waals surface area contributed by atoms with Crippen molar-refractivity contribution in [1.29, 1.82) is 0 Å². The topological polar surface area (TPSA) is 72.5 Å². The first-order valence-corrected chi connectivity index (χ1v) is 11.8. The average Bonchev–Trinajstić information content (AvgIpc) is 2.64. The van der Waals surface area contributed by atoms with E-state index in [1.807, 2.05) is 20.8 Å². The van der Waals surface area contributed by atoms with Gasteiger partial charge >= 0.3 is 5.97 Å². The van der Waals surface area contributed by atoms with Crippen LogP contribution in [0.1, 0.15) is 124 Å². The summed E-state index contributed by atoms with van der Waals surface area (Å²) in [4.78, 5) is 33.5. The molecule has 0 spiro atoms. The Hall–Kier alpha value is -1.39.